The number of nitrogens with zero attached hydrogens (tertiary/aromatic N) is 4. The number of hydrogen-bond acceptors (Lipinski definition) is 4. The number of rotatable bonds is 5. The summed E-state index contributed by atoms with van der Waals surface area (Å²) < 4.78 is 17.6. The van der Waals surface area contributed by atoms with Crippen molar-refractivity contribution in [3.8, 4) is 45.4 Å². The number of fused-ring (bicyclic) bond motifs is 12. The van der Waals surface area contributed by atoms with Gasteiger partial charge in [0.25, 0.3) is 0 Å². The van der Waals surface area contributed by atoms with Gasteiger partial charge < -0.3 is 18.0 Å². The van der Waals surface area contributed by atoms with Crippen molar-refractivity contribution in [3.63, 3.8) is 0 Å². The van der Waals surface area contributed by atoms with Crippen LogP contribution in [0.1, 0.15) is 0 Å². The van der Waals surface area contributed by atoms with Crippen LogP contribution in [0.25, 0.3) is 133 Å². The fourth-order valence-corrected chi connectivity index (χ4v) is 10.00. The maximum Gasteiger partial charge on any atom is 0.227 e. The summed E-state index contributed by atoms with van der Waals surface area (Å²) in [6.45, 7) is 0. The summed E-state index contributed by atoms with van der Waals surface area (Å²) in [7, 11) is 0. The van der Waals surface area contributed by atoms with Gasteiger partial charge in [0.05, 0.1) is 22.1 Å². The van der Waals surface area contributed by atoms with Crippen molar-refractivity contribution in [1.29, 1.82) is 0 Å². The molecule has 0 N–H and O–H groups in total. The highest BCUT2D eigenvalue weighted by Gasteiger charge is 2.18. The first-order valence-electron chi connectivity index (χ1n) is 21.6. The average molecular weight is 819 g/mol. The SMILES string of the molecule is c1ccc2c(c1)ccc1c2c2ccccc2n1-c1ccc(-c2nc3ccc(-c4ccc5nc(-c6ccc(-n7c8ccccc8c8c9ccccc9ccc87)cc6)oc5c4)cc3o2)cc1. The van der Waals surface area contributed by atoms with E-state index in [1.807, 2.05) is 12.1 Å². The van der Waals surface area contributed by atoms with Crippen LogP contribution in [0.4, 0.5) is 0 Å². The van der Waals surface area contributed by atoms with Gasteiger partial charge in [0.1, 0.15) is 11.0 Å². The molecule has 0 saturated heterocycles. The average Bonchev–Trinajstić information content (AvgIpc) is 4.14. The summed E-state index contributed by atoms with van der Waals surface area (Å²) in [5, 5.41) is 10.0. The monoisotopic (exact) mass is 818 g/mol. The van der Waals surface area contributed by atoms with Crippen LogP contribution >= 0.6 is 0 Å². The van der Waals surface area contributed by atoms with Gasteiger partial charge in [-0.25, -0.2) is 9.97 Å². The maximum atomic E-state index is 6.43. The molecule has 0 spiro atoms. The summed E-state index contributed by atoms with van der Waals surface area (Å²) in [5.74, 6) is 1.17. The summed E-state index contributed by atoms with van der Waals surface area (Å²) in [6.07, 6.45) is 0. The maximum absolute atomic E-state index is 6.43. The van der Waals surface area contributed by atoms with E-state index in [4.69, 9.17) is 18.8 Å². The molecular weight excluding hydrogens is 785 g/mol. The van der Waals surface area contributed by atoms with Gasteiger partial charge in [0.2, 0.25) is 11.8 Å². The Hall–Kier alpha value is -8.74. The molecule has 0 unspecified atom stereocenters. The van der Waals surface area contributed by atoms with Gasteiger partial charge in [-0.05, 0) is 130 Å². The molecule has 0 aliphatic rings. The molecule has 0 aliphatic heterocycles. The molecule has 6 heteroatoms. The van der Waals surface area contributed by atoms with Crippen molar-refractivity contribution in [3.05, 3.63) is 206 Å². The first-order valence-corrected chi connectivity index (χ1v) is 21.6. The predicted octanol–water partition coefficient (Wildman–Crippen LogP) is 15.5. The van der Waals surface area contributed by atoms with Crippen LogP contribution in [0.3, 0.4) is 0 Å². The van der Waals surface area contributed by atoms with Gasteiger partial charge >= 0.3 is 0 Å². The van der Waals surface area contributed by atoms with Crippen LogP contribution in [0.5, 0.6) is 0 Å². The van der Waals surface area contributed by atoms with Gasteiger partial charge in [-0.15, -0.1) is 0 Å². The number of oxazole rings is 2. The fraction of sp³-hybridized carbons (Fsp3) is 0. The van der Waals surface area contributed by atoms with Crippen LogP contribution in [-0.4, -0.2) is 19.1 Å². The van der Waals surface area contributed by atoms with Gasteiger partial charge in [0.15, 0.2) is 11.2 Å². The van der Waals surface area contributed by atoms with E-state index < -0.39 is 0 Å². The summed E-state index contributed by atoms with van der Waals surface area (Å²) in [6, 6.07) is 72.7. The normalized spacial score (nSPS) is 12.1. The minimum Gasteiger partial charge on any atom is -0.436 e. The molecule has 4 aromatic heterocycles. The van der Waals surface area contributed by atoms with Gasteiger partial charge in [-0.1, -0.05) is 109 Å². The van der Waals surface area contributed by atoms with E-state index in [9.17, 15) is 0 Å². The minimum absolute atomic E-state index is 0.583. The highest BCUT2D eigenvalue weighted by atomic mass is 16.4. The smallest absolute Gasteiger partial charge is 0.227 e. The number of benzene rings is 10. The zero-order valence-corrected chi connectivity index (χ0v) is 34.2. The molecule has 4 heterocycles. The van der Waals surface area contributed by atoms with E-state index in [1.54, 1.807) is 0 Å². The Bertz CT molecular complexity index is 3910. The van der Waals surface area contributed by atoms with Gasteiger partial charge in [-0.2, -0.15) is 0 Å². The third-order valence-electron chi connectivity index (χ3n) is 13.0. The Labute approximate surface area is 365 Å². The number of para-hydroxylation sites is 2. The lowest BCUT2D eigenvalue weighted by atomic mass is 10.0. The minimum atomic E-state index is 0.583. The molecule has 0 amide bonds. The van der Waals surface area contributed by atoms with Crippen molar-refractivity contribution in [2.45, 2.75) is 0 Å². The van der Waals surface area contributed by atoms with Crippen LogP contribution in [-0.2, 0) is 0 Å². The molecule has 0 aliphatic carbocycles. The summed E-state index contributed by atoms with van der Waals surface area (Å²) in [4.78, 5) is 9.78. The molecule has 0 bridgehead atoms. The first kappa shape index (κ1) is 34.9. The lowest BCUT2D eigenvalue weighted by Crippen LogP contribution is -1.93. The van der Waals surface area contributed by atoms with Crippen LogP contribution in [0.2, 0.25) is 0 Å². The molecular formula is C58H34N4O2. The molecule has 64 heavy (non-hydrogen) atoms. The zero-order chi connectivity index (χ0) is 41.9. The largest absolute Gasteiger partial charge is 0.436 e. The quantitative estimate of drug-likeness (QED) is 0.174. The highest BCUT2D eigenvalue weighted by molar-refractivity contribution is 6.22. The molecule has 0 fully saturated rings. The summed E-state index contributed by atoms with van der Waals surface area (Å²) >= 11 is 0. The van der Waals surface area contributed by atoms with Crippen molar-refractivity contribution >= 4 is 87.4 Å². The second-order valence-electron chi connectivity index (χ2n) is 16.6. The molecule has 298 valence electrons. The Balaban J connectivity index is 0.761. The van der Waals surface area contributed by atoms with E-state index in [1.165, 1.54) is 65.2 Å². The molecule has 14 rings (SSSR count). The van der Waals surface area contributed by atoms with Crippen molar-refractivity contribution in [1.82, 2.24) is 19.1 Å². The Kier molecular flexibility index (Phi) is 7.30. The number of hydrogen-bond donors (Lipinski definition) is 0. The molecule has 0 atom stereocenters. The van der Waals surface area contributed by atoms with Crippen molar-refractivity contribution in [2.24, 2.45) is 0 Å². The number of aromatic nitrogens is 4. The molecule has 0 saturated carbocycles. The fourth-order valence-electron chi connectivity index (χ4n) is 10.00. The Morgan fingerprint density at radius 2 is 0.703 bits per heavy atom. The van der Waals surface area contributed by atoms with E-state index in [-0.39, 0.29) is 0 Å². The van der Waals surface area contributed by atoms with E-state index in [2.05, 4.69) is 203 Å². The molecule has 0 radical (unpaired) electrons. The third-order valence-corrected chi connectivity index (χ3v) is 13.0. The molecule has 14 aromatic rings. The lowest BCUT2D eigenvalue weighted by molar-refractivity contribution is 0.619. The van der Waals surface area contributed by atoms with Crippen molar-refractivity contribution < 1.29 is 8.83 Å². The van der Waals surface area contributed by atoms with Crippen LogP contribution < -0.4 is 0 Å². The zero-order valence-electron chi connectivity index (χ0n) is 34.2. The van der Waals surface area contributed by atoms with Gasteiger partial charge in [-0.3, -0.25) is 0 Å². The standard InChI is InChI=1S/C58H34N4O2/c1-3-11-43-35(9-1)23-31-51-55(43)45-13-5-7-15-49(45)61(51)41-25-17-37(18-26-41)57-59-47-29-21-39(33-53(47)63-57)40-22-30-48-54(34-40)64-58(60-48)38-19-27-42(28-20-38)62-50-16-8-6-14-46(50)56-44-12-4-2-10-36(44)24-32-52(56)62/h1-34H. The van der Waals surface area contributed by atoms with E-state index >= 15 is 0 Å². The van der Waals surface area contributed by atoms with E-state index in [0.717, 1.165) is 55.8 Å². The predicted molar refractivity (Wildman–Crippen MR) is 262 cm³/mol. The Morgan fingerprint density at radius 1 is 0.312 bits per heavy atom. The molecule has 10 aromatic carbocycles. The highest BCUT2D eigenvalue weighted by Crippen LogP contribution is 2.40. The van der Waals surface area contributed by atoms with Crippen LogP contribution in [0, 0.1) is 0 Å². The second-order valence-corrected chi connectivity index (χ2v) is 16.6. The molecule has 6 nitrogen and oxygen atoms in total. The topological polar surface area (TPSA) is 61.9 Å². The lowest BCUT2D eigenvalue weighted by Gasteiger charge is -2.09. The van der Waals surface area contributed by atoms with Gasteiger partial charge in [0, 0.05) is 44.0 Å². The Morgan fingerprint density at radius 3 is 1.16 bits per heavy atom. The second kappa shape index (κ2) is 13.4. The van der Waals surface area contributed by atoms with Crippen molar-refractivity contribution in [2.75, 3.05) is 0 Å². The summed E-state index contributed by atoms with van der Waals surface area (Å²) in [5.41, 5.74) is 13.8. The first-order chi connectivity index (χ1) is 31.7. The van der Waals surface area contributed by atoms with Crippen LogP contribution in [0.15, 0.2) is 215 Å². The van der Waals surface area contributed by atoms with E-state index in [0.29, 0.717) is 11.8 Å². The third kappa shape index (κ3) is 5.20.